The Morgan fingerprint density at radius 1 is 1.03 bits per heavy atom. The van der Waals surface area contributed by atoms with Crippen LogP contribution in [0.5, 0.6) is 11.5 Å². The Labute approximate surface area is 204 Å². The van der Waals surface area contributed by atoms with Crippen LogP contribution in [-0.2, 0) is 17.6 Å². The maximum Gasteiger partial charge on any atom is 0.315 e. The highest BCUT2D eigenvalue weighted by Crippen LogP contribution is 2.43. The average molecular weight is 461 g/mol. The third-order valence-electron chi connectivity index (χ3n) is 6.36. The summed E-state index contributed by atoms with van der Waals surface area (Å²) in [6.07, 6.45) is 1.08. The number of fused-ring (bicyclic) bond motifs is 2. The number of carbonyl (C=O) groups is 1. The minimum atomic E-state index is -0.370. The molecule has 0 aromatic heterocycles. The third kappa shape index (κ3) is 4.34. The first-order chi connectivity index (χ1) is 17.1. The molecule has 1 unspecified atom stereocenters. The number of nitrogens with zero attached hydrogens (tertiary/aromatic N) is 1. The van der Waals surface area contributed by atoms with Gasteiger partial charge in [-0.3, -0.25) is 4.79 Å². The molecule has 35 heavy (non-hydrogen) atoms. The Morgan fingerprint density at radius 2 is 1.80 bits per heavy atom. The number of aryl methyl sites for hydroxylation is 1. The zero-order valence-electron chi connectivity index (χ0n) is 19.3. The molecule has 0 aliphatic carbocycles. The van der Waals surface area contributed by atoms with Gasteiger partial charge in [-0.2, -0.15) is 5.26 Å². The number of rotatable bonds is 5. The largest absolute Gasteiger partial charge is 0.440 e. The van der Waals surface area contributed by atoms with Crippen molar-refractivity contribution in [3.8, 4) is 17.6 Å². The van der Waals surface area contributed by atoms with Crippen LogP contribution in [0.1, 0.15) is 35.1 Å². The summed E-state index contributed by atoms with van der Waals surface area (Å²) < 4.78 is 11.4. The zero-order valence-corrected chi connectivity index (χ0v) is 19.3. The number of hydrogen-bond acceptors (Lipinski definition) is 5. The van der Waals surface area contributed by atoms with Gasteiger partial charge in [-0.05, 0) is 39.9 Å². The molecule has 1 aliphatic rings. The molecule has 0 fully saturated rings. The van der Waals surface area contributed by atoms with Gasteiger partial charge in [-0.25, -0.2) is 0 Å². The SMILES string of the molecule is CCc1ccc(C2C(C#N)=C(N)Oc3cc(OC(=O)Cc4cccc5ccccc45)ccc32)cc1. The lowest BCUT2D eigenvalue weighted by Crippen LogP contribution is -2.21. The second-order valence-electron chi connectivity index (χ2n) is 8.51. The molecule has 2 N–H and O–H groups in total. The number of benzene rings is 4. The number of nitrogens with two attached hydrogens (primary N) is 1. The first-order valence-electron chi connectivity index (χ1n) is 11.5. The predicted molar refractivity (Wildman–Crippen MR) is 135 cm³/mol. The molecule has 0 spiro atoms. The van der Waals surface area contributed by atoms with Crippen LogP contribution in [0, 0.1) is 11.3 Å². The van der Waals surface area contributed by atoms with Crippen molar-refractivity contribution in [3.05, 3.63) is 119 Å². The van der Waals surface area contributed by atoms with E-state index in [4.69, 9.17) is 15.2 Å². The smallest absolute Gasteiger partial charge is 0.315 e. The van der Waals surface area contributed by atoms with E-state index in [9.17, 15) is 10.1 Å². The zero-order chi connectivity index (χ0) is 24.4. The molecule has 1 atom stereocenters. The van der Waals surface area contributed by atoms with Crippen LogP contribution in [0.25, 0.3) is 10.8 Å². The van der Waals surface area contributed by atoms with Gasteiger partial charge in [0.15, 0.2) is 0 Å². The number of nitriles is 1. The van der Waals surface area contributed by atoms with Gasteiger partial charge in [0.2, 0.25) is 5.88 Å². The lowest BCUT2D eigenvalue weighted by atomic mass is 9.83. The fourth-order valence-electron chi connectivity index (χ4n) is 4.56. The van der Waals surface area contributed by atoms with Gasteiger partial charge in [0, 0.05) is 11.6 Å². The Hall–Kier alpha value is -4.56. The van der Waals surface area contributed by atoms with Gasteiger partial charge in [-0.15, -0.1) is 0 Å². The molecular formula is C30H24N2O3. The first kappa shape index (κ1) is 22.2. The Balaban J connectivity index is 1.42. The highest BCUT2D eigenvalue weighted by atomic mass is 16.5. The molecule has 1 aliphatic heterocycles. The number of ether oxygens (including phenoxy) is 2. The second-order valence-corrected chi connectivity index (χ2v) is 8.51. The molecule has 4 aromatic rings. The first-order valence-corrected chi connectivity index (χ1v) is 11.5. The summed E-state index contributed by atoms with van der Waals surface area (Å²) >= 11 is 0. The van der Waals surface area contributed by atoms with Gasteiger partial charge in [-0.1, -0.05) is 79.7 Å². The minimum absolute atomic E-state index is 0.0591. The van der Waals surface area contributed by atoms with Crippen molar-refractivity contribution in [1.82, 2.24) is 0 Å². The average Bonchev–Trinajstić information content (AvgIpc) is 2.88. The summed E-state index contributed by atoms with van der Waals surface area (Å²) in [5, 5.41) is 11.9. The second kappa shape index (κ2) is 9.36. The Morgan fingerprint density at radius 3 is 2.57 bits per heavy atom. The number of carbonyl (C=O) groups excluding carboxylic acids is 1. The van der Waals surface area contributed by atoms with Gasteiger partial charge >= 0.3 is 5.97 Å². The van der Waals surface area contributed by atoms with E-state index in [2.05, 4.69) is 25.1 Å². The van der Waals surface area contributed by atoms with Crippen molar-refractivity contribution < 1.29 is 14.3 Å². The van der Waals surface area contributed by atoms with E-state index in [1.807, 2.05) is 60.7 Å². The summed E-state index contributed by atoms with van der Waals surface area (Å²) in [5.74, 6) is 0.174. The van der Waals surface area contributed by atoms with Crippen molar-refractivity contribution in [1.29, 1.82) is 5.26 Å². The molecule has 0 amide bonds. The van der Waals surface area contributed by atoms with Crippen molar-refractivity contribution >= 4 is 16.7 Å². The van der Waals surface area contributed by atoms with E-state index >= 15 is 0 Å². The van der Waals surface area contributed by atoms with Gasteiger partial charge in [0.25, 0.3) is 0 Å². The van der Waals surface area contributed by atoms with E-state index in [1.165, 1.54) is 5.56 Å². The van der Waals surface area contributed by atoms with E-state index in [-0.39, 0.29) is 24.2 Å². The number of esters is 1. The lowest BCUT2D eigenvalue weighted by Gasteiger charge is -2.26. The standard InChI is InChI=1S/C30H24N2O3/c1-2-19-10-12-21(13-11-19)29-25-15-14-23(17-27(25)35-30(32)26(29)18-31)34-28(33)16-22-8-5-7-20-6-3-4-9-24(20)22/h3-15,17,29H,2,16,32H2,1H3. The Bertz CT molecular complexity index is 1490. The van der Waals surface area contributed by atoms with Crippen molar-refractivity contribution in [2.24, 2.45) is 5.73 Å². The molecule has 5 nitrogen and oxygen atoms in total. The van der Waals surface area contributed by atoms with E-state index in [0.29, 0.717) is 17.1 Å². The maximum atomic E-state index is 12.8. The summed E-state index contributed by atoms with van der Waals surface area (Å²) in [7, 11) is 0. The third-order valence-corrected chi connectivity index (χ3v) is 6.36. The molecule has 0 bridgehead atoms. The van der Waals surface area contributed by atoms with E-state index in [1.54, 1.807) is 12.1 Å². The van der Waals surface area contributed by atoms with Crippen LogP contribution in [0.3, 0.4) is 0 Å². The summed E-state index contributed by atoms with van der Waals surface area (Å²) in [6.45, 7) is 2.10. The van der Waals surface area contributed by atoms with E-state index < -0.39 is 0 Å². The number of allylic oxidation sites excluding steroid dienone is 1. The quantitative estimate of drug-likeness (QED) is 0.302. The highest BCUT2D eigenvalue weighted by Gasteiger charge is 2.31. The number of hydrogen-bond donors (Lipinski definition) is 1. The van der Waals surface area contributed by atoms with Gasteiger partial charge < -0.3 is 15.2 Å². The molecular weight excluding hydrogens is 436 g/mol. The topological polar surface area (TPSA) is 85.3 Å². The van der Waals surface area contributed by atoms with Gasteiger partial charge in [0.1, 0.15) is 23.1 Å². The van der Waals surface area contributed by atoms with Crippen LogP contribution in [0.2, 0.25) is 0 Å². The maximum absolute atomic E-state index is 12.8. The van der Waals surface area contributed by atoms with Crippen molar-refractivity contribution in [2.75, 3.05) is 0 Å². The van der Waals surface area contributed by atoms with Gasteiger partial charge in [0.05, 0.1) is 12.3 Å². The molecule has 0 radical (unpaired) electrons. The predicted octanol–water partition coefficient (Wildman–Crippen LogP) is 5.77. The molecule has 172 valence electrons. The van der Waals surface area contributed by atoms with Crippen LogP contribution >= 0.6 is 0 Å². The molecule has 5 heteroatoms. The monoisotopic (exact) mass is 460 g/mol. The molecule has 4 aromatic carbocycles. The van der Waals surface area contributed by atoms with Crippen LogP contribution in [0.15, 0.2) is 96.4 Å². The van der Waals surface area contributed by atoms with Crippen LogP contribution in [-0.4, -0.2) is 5.97 Å². The fourth-order valence-corrected chi connectivity index (χ4v) is 4.56. The summed E-state index contributed by atoms with van der Waals surface area (Å²) in [5.41, 5.74) is 10.4. The molecule has 0 saturated heterocycles. The minimum Gasteiger partial charge on any atom is -0.440 e. The summed E-state index contributed by atoms with van der Waals surface area (Å²) in [4.78, 5) is 12.8. The van der Waals surface area contributed by atoms with Crippen LogP contribution < -0.4 is 15.2 Å². The molecule has 1 heterocycles. The normalized spacial score (nSPS) is 14.7. The fraction of sp³-hybridized carbons (Fsp3) is 0.133. The molecule has 0 saturated carbocycles. The van der Waals surface area contributed by atoms with Crippen molar-refractivity contribution in [2.45, 2.75) is 25.7 Å². The highest BCUT2D eigenvalue weighted by molar-refractivity contribution is 5.89. The Kier molecular flexibility index (Phi) is 5.95. The van der Waals surface area contributed by atoms with Crippen LogP contribution in [0.4, 0.5) is 0 Å². The van der Waals surface area contributed by atoms with Crippen molar-refractivity contribution in [3.63, 3.8) is 0 Å². The summed E-state index contributed by atoms with van der Waals surface area (Å²) in [6, 6.07) is 29.4. The van der Waals surface area contributed by atoms with E-state index in [0.717, 1.165) is 33.9 Å². The molecule has 5 rings (SSSR count). The lowest BCUT2D eigenvalue weighted by molar-refractivity contribution is -0.133.